The Morgan fingerprint density at radius 1 is 0.678 bits per heavy atom. The van der Waals surface area contributed by atoms with Gasteiger partial charge in [-0.05, 0) is 31.4 Å². The van der Waals surface area contributed by atoms with Crippen LogP contribution in [0.4, 0.5) is 5.69 Å². The van der Waals surface area contributed by atoms with Gasteiger partial charge in [-0.15, -0.1) is 0 Å². The Kier molecular flexibility index (Phi) is 26.4. The van der Waals surface area contributed by atoms with Gasteiger partial charge in [-0.25, -0.2) is 0 Å². The molecule has 2 heterocycles. The van der Waals surface area contributed by atoms with E-state index < -0.39 is 29.7 Å². The number of hydrogen-bond donors (Lipinski definition) is 2. The molecule has 3 rings (SSSR count). The van der Waals surface area contributed by atoms with Crippen molar-refractivity contribution in [2.75, 3.05) is 137 Å². The van der Waals surface area contributed by atoms with Gasteiger partial charge in [0.1, 0.15) is 12.6 Å². The highest BCUT2D eigenvalue weighted by Crippen LogP contribution is 2.32. The lowest BCUT2D eigenvalue weighted by Gasteiger charge is -2.27. The van der Waals surface area contributed by atoms with Crippen LogP contribution in [-0.4, -0.2) is 173 Å². The van der Waals surface area contributed by atoms with Crippen LogP contribution < -0.4 is 10.6 Å². The summed E-state index contributed by atoms with van der Waals surface area (Å²) in [5.41, 5.74) is 0.899. The number of rotatable bonds is 37. The maximum Gasteiger partial charge on any atom is 0.308 e. The molecule has 0 aromatic heterocycles. The molecule has 0 spiro atoms. The van der Waals surface area contributed by atoms with Crippen molar-refractivity contribution >= 4 is 35.3 Å². The molecule has 2 N–H and O–H groups in total. The van der Waals surface area contributed by atoms with Crippen LogP contribution in [0.1, 0.15) is 73.1 Å². The summed E-state index contributed by atoms with van der Waals surface area (Å²) >= 11 is 0. The molecule has 2 aliphatic heterocycles. The van der Waals surface area contributed by atoms with Gasteiger partial charge in [0.15, 0.2) is 0 Å². The summed E-state index contributed by atoms with van der Waals surface area (Å²) in [5, 5.41) is 5.33. The van der Waals surface area contributed by atoms with E-state index in [0.29, 0.717) is 131 Å². The van der Waals surface area contributed by atoms with Crippen molar-refractivity contribution in [2.24, 2.45) is 5.92 Å². The topological polar surface area (TPSA) is 205 Å². The fourth-order valence-corrected chi connectivity index (χ4v) is 6.04. The smallest absolute Gasteiger partial charge is 0.308 e. The Hall–Kier alpha value is -3.59. The third-order valence-corrected chi connectivity index (χ3v) is 9.21. The molecule has 1 aromatic carbocycles. The first-order valence-electron chi connectivity index (χ1n) is 20.8. The van der Waals surface area contributed by atoms with Crippen molar-refractivity contribution in [3.8, 4) is 0 Å². The number of piperidine rings is 1. The van der Waals surface area contributed by atoms with Gasteiger partial charge in [0.05, 0.1) is 136 Å². The molecule has 1 saturated heterocycles. The van der Waals surface area contributed by atoms with Gasteiger partial charge < -0.3 is 52.7 Å². The molecule has 2 unspecified atom stereocenters. The number of esters is 1. The molecular weight excluding hydrogens is 774 g/mol. The van der Waals surface area contributed by atoms with E-state index in [1.165, 1.54) is 0 Å². The molecule has 2 atom stereocenters. The third-order valence-electron chi connectivity index (χ3n) is 9.21. The van der Waals surface area contributed by atoms with E-state index in [2.05, 4.69) is 17.6 Å². The van der Waals surface area contributed by atoms with Crippen LogP contribution in [0.5, 0.6) is 0 Å². The molecule has 0 aliphatic carbocycles. The quantitative estimate of drug-likeness (QED) is 0.0561. The monoisotopic (exact) mass is 839 g/mol. The minimum atomic E-state index is -1.01. The average molecular weight is 840 g/mol. The zero-order valence-electron chi connectivity index (χ0n) is 34.8. The number of anilines is 1. The second kappa shape index (κ2) is 31.3. The van der Waals surface area contributed by atoms with Gasteiger partial charge in [0, 0.05) is 18.7 Å². The van der Waals surface area contributed by atoms with Gasteiger partial charge in [-0.3, -0.25) is 34.2 Å². The SMILES string of the molecule is CCCCC(CC)C(=O)OCCOCCOCCOCCOCCOCCOCCOCCOCCOCCNc1cccc2c1C(=O)N(C1CCC(=O)NC1=O)C2=O. The molecule has 0 bridgehead atoms. The van der Waals surface area contributed by atoms with Crippen molar-refractivity contribution in [1.82, 2.24) is 10.2 Å². The average Bonchev–Trinajstić information content (AvgIpc) is 3.49. The van der Waals surface area contributed by atoms with Crippen molar-refractivity contribution in [1.29, 1.82) is 0 Å². The molecule has 1 aromatic rings. The molecule has 18 heteroatoms. The van der Waals surface area contributed by atoms with Crippen LogP contribution in [0, 0.1) is 5.92 Å². The van der Waals surface area contributed by atoms with Crippen molar-refractivity contribution in [3.63, 3.8) is 0 Å². The summed E-state index contributed by atoms with van der Waals surface area (Å²) in [6.07, 6.45) is 3.95. The van der Waals surface area contributed by atoms with Crippen LogP contribution >= 0.6 is 0 Å². The molecule has 0 radical (unpaired) electrons. The van der Waals surface area contributed by atoms with Crippen LogP contribution in [0.2, 0.25) is 0 Å². The summed E-state index contributed by atoms with van der Waals surface area (Å²) in [7, 11) is 0. The lowest BCUT2D eigenvalue weighted by Crippen LogP contribution is -2.54. The zero-order chi connectivity index (χ0) is 42.3. The van der Waals surface area contributed by atoms with Gasteiger partial charge in [-0.2, -0.15) is 0 Å². The number of ether oxygens (including phenoxy) is 10. The highest BCUT2D eigenvalue weighted by atomic mass is 16.6. The lowest BCUT2D eigenvalue weighted by molar-refractivity contribution is -0.150. The largest absolute Gasteiger partial charge is 0.463 e. The first kappa shape index (κ1) is 49.8. The molecule has 2 aliphatic rings. The van der Waals surface area contributed by atoms with E-state index in [0.717, 1.165) is 30.6 Å². The second-order valence-corrected chi connectivity index (χ2v) is 13.5. The summed E-state index contributed by atoms with van der Waals surface area (Å²) < 4.78 is 54.8. The van der Waals surface area contributed by atoms with E-state index in [1.807, 2.05) is 6.92 Å². The van der Waals surface area contributed by atoms with Crippen LogP contribution in [-0.2, 0) is 61.8 Å². The standard InChI is InChI=1S/C41H65N3O15/c1-3-5-7-32(4-2)41(49)59-31-30-58-29-28-57-27-26-56-25-24-55-23-22-54-21-20-53-19-18-52-17-16-51-15-14-50-13-12-42-34-9-6-8-33-37(34)40(48)44(39(33)47)35-10-11-36(45)43-38(35)46/h6,8-9,32,35,42H,3-5,7,10-31H2,1-2H3,(H,43,45,46). The van der Waals surface area contributed by atoms with Crippen LogP contribution in [0.3, 0.4) is 0 Å². The van der Waals surface area contributed by atoms with E-state index in [9.17, 15) is 24.0 Å². The predicted molar refractivity (Wildman–Crippen MR) is 213 cm³/mol. The highest BCUT2D eigenvalue weighted by molar-refractivity contribution is 6.25. The fraction of sp³-hybridized carbons (Fsp3) is 0.732. The number of imide groups is 2. The van der Waals surface area contributed by atoms with Crippen molar-refractivity contribution in [3.05, 3.63) is 29.3 Å². The third kappa shape index (κ3) is 19.6. The number of nitrogens with one attached hydrogen (secondary N) is 2. The number of unbranched alkanes of at least 4 members (excludes halogenated alkanes) is 1. The van der Waals surface area contributed by atoms with Gasteiger partial charge in [-0.1, -0.05) is 32.8 Å². The van der Waals surface area contributed by atoms with Crippen LogP contribution in [0.15, 0.2) is 18.2 Å². The fourth-order valence-electron chi connectivity index (χ4n) is 6.04. The normalized spacial score (nSPS) is 15.8. The molecule has 0 saturated carbocycles. The first-order valence-corrected chi connectivity index (χ1v) is 20.8. The van der Waals surface area contributed by atoms with Crippen molar-refractivity contribution in [2.45, 2.75) is 58.4 Å². The maximum atomic E-state index is 13.2. The number of amides is 4. The Morgan fingerprint density at radius 3 is 1.61 bits per heavy atom. The Bertz CT molecular complexity index is 1380. The number of carbonyl (C=O) groups is 5. The Labute approximate surface area is 347 Å². The van der Waals surface area contributed by atoms with E-state index >= 15 is 0 Å². The summed E-state index contributed by atoms with van der Waals surface area (Å²) in [4.78, 5) is 62.9. The van der Waals surface area contributed by atoms with Crippen molar-refractivity contribution < 1.29 is 71.3 Å². The minimum Gasteiger partial charge on any atom is -0.463 e. The van der Waals surface area contributed by atoms with E-state index in [-0.39, 0.29) is 42.5 Å². The number of hydrogen-bond acceptors (Lipinski definition) is 16. The number of fused-ring (bicyclic) bond motifs is 1. The lowest BCUT2D eigenvalue weighted by atomic mass is 10.00. The Balaban J connectivity index is 1.00. The second-order valence-electron chi connectivity index (χ2n) is 13.5. The predicted octanol–water partition coefficient (Wildman–Crippen LogP) is 2.41. The summed E-state index contributed by atoms with van der Waals surface area (Å²) in [6, 6.07) is 3.90. The number of nitrogens with zero attached hydrogens (tertiary/aromatic N) is 1. The molecule has 59 heavy (non-hydrogen) atoms. The first-order chi connectivity index (χ1) is 28.9. The minimum absolute atomic E-state index is 0.0183. The van der Waals surface area contributed by atoms with E-state index in [1.54, 1.807) is 18.2 Å². The van der Waals surface area contributed by atoms with Gasteiger partial charge in [0.2, 0.25) is 11.8 Å². The molecule has 1 fully saturated rings. The molecule has 4 amide bonds. The summed E-state index contributed by atoms with van der Waals surface area (Å²) in [6.45, 7) is 12.5. The highest BCUT2D eigenvalue weighted by Gasteiger charge is 2.45. The van der Waals surface area contributed by atoms with E-state index in [4.69, 9.17) is 47.4 Å². The molecule has 334 valence electrons. The van der Waals surface area contributed by atoms with Gasteiger partial charge >= 0.3 is 5.97 Å². The molecular formula is C41H65N3O15. The number of carbonyl (C=O) groups excluding carboxylic acids is 5. The molecule has 18 nitrogen and oxygen atoms in total. The summed E-state index contributed by atoms with van der Waals surface area (Å²) in [5.74, 6) is -2.33. The Morgan fingerprint density at radius 2 is 1.15 bits per heavy atom. The van der Waals surface area contributed by atoms with Gasteiger partial charge in [0.25, 0.3) is 11.8 Å². The van der Waals surface area contributed by atoms with Crippen LogP contribution in [0.25, 0.3) is 0 Å². The maximum absolute atomic E-state index is 13.2. The zero-order valence-corrected chi connectivity index (χ0v) is 34.8. The number of benzene rings is 1.